The van der Waals surface area contributed by atoms with Crippen LogP contribution in [0.1, 0.15) is 10.4 Å². The number of anilines is 3. The van der Waals surface area contributed by atoms with Gasteiger partial charge in [-0.25, -0.2) is 4.98 Å². The summed E-state index contributed by atoms with van der Waals surface area (Å²) in [5.74, 6) is 0.430. The first-order valence-corrected chi connectivity index (χ1v) is 7.56. The van der Waals surface area contributed by atoms with Gasteiger partial charge in [0.2, 0.25) is 5.88 Å². The van der Waals surface area contributed by atoms with E-state index >= 15 is 0 Å². The Balaban J connectivity index is 1.81. The number of nitrogens with one attached hydrogen (secondary N) is 2. The summed E-state index contributed by atoms with van der Waals surface area (Å²) in [6.45, 7) is 0. The number of pyridine rings is 1. The highest BCUT2D eigenvalue weighted by Crippen LogP contribution is 2.34. The molecule has 118 valence electrons. The molecule has 24 heavy (non-hydrogen) atoms. The van der Waals surface area contributed by atoms with Gasteiger partial charge in [0, 0.05) is 12.3 Å². The Morgan fingerprint density at radius 1 is 0.875 bits per heavy atom. The normalized spacial score (nSPS) is 12.3. The Morgan fingerprint density at radius 3 is 2.42 bits per heavy atom. The lowest BCUT2D eigenvalue weighted by molar-refractivity contribution is 0.102. The van der Waals surface area contributed by atoms with Gasteiger partial charge in [-0.05, 0) is 41.5 Å². The van der Waals surface area contributed by atoms with Crippen LogP contribution in [-0.2, 0) is 0 Å². The molecule has 2 aromatic carbocycles. The van der Waals surface area contributed by atoms with E-state index in [4.69, 9.17) is 4.74 Å². The summed E-state index contributed by atoms with van der Waals surface area (Å²) < 4.78 is 5.18. The molecule has 1 aromatic heterocycles. The fourth-order valence-electron chi connectivity index (χ4n) is 2.76. The maximum absolute atomic E-state index is 12.4. The molecule has 0 atom stereocenters. The molecule has 2 heterocycles. The van der Waals surface area contributed by atoms with E-state index in [0.29, 0.717) is 11.4 Å². The molecular formula is C19H15N3O2. The molecule has 5 heteroatoms. The highest BCUT2D eigenvalue weighted by atomic mass is 16.5. The predicted octanol–water partition coefficient (Wildman–Crippen LogP) is 4.07. The third kappa shape index (κ3) is 2.46. The van der Waals surface area contributed by atoms with Crippen LogP contribution in [-0.4, -0.2) is 18.0 Å². The Morgan fingerprint density at radius 2 is 1.62 bits per heavy atom. The standard InChI is InChI=1S/C19H15N3O2/c1-24-18-11-13(8-9-20-18)12-6-7-14-17(10-12)21-15-4-2-3-5-16(15)22-19(14)23/h2-11,21H,1H3,(H,22,23). The molecule has 0 unspecified atom stereocenters. The van der Waals surface area contributed by atoms with Crippen molar-refractivity contribution >= 4 is 23.0 Å². The van der Waals surface area contributed by atoms with Gasteiger partial charge in [0.25, 0.3) is 5.91 Å². The number of benzene rings is 2. The zero-order valence-corrected chi connectivity index (χ0v) is 13.0. The van der Waals surface area contributed by atoms with E-state index in [1.165, 1.54) is 0 Å². The van der Waals surface area contributed by atoms with Gasteiger partial charge in [-0.1, -0.05) is 18.2 Å². The quantitative estimate of drug-likeness (QED) is 0.748. The summed E-state index contributed by atoms with van der Waals surface area (Å²) in [5, 5.41) is 6.27. The van der Waals surface area contributed by atoms with E-state index in [1.807, 2.05) is 54.6 Å². The highest BCUT2D eigenvalue weighted by molar-refractivity contribution is 6.12. The average Bonchev–Trinajstić information content (AvgIpc) is 2.77. The SMILES string of the molecule is COc1cc(-c2ccc3c(c2)Nc2ccccc2NC3=O)ccn1. The minimum atomic E-state index is -0.124. The first-order valence-electron chi connectivity index (χ1n) is 7.56. The Labute approximate surface area is 139 Å². The highest BCUT2D eigenvalue weighted by Gasteiger charge is 2.19. The van der Waals surface area contributed by atoms with Crippen molar-refractivity contribution in [3.63, 3.8) is 0 Å². The van der Waals surface area contributed by atoms with E-state index < -0.39 is 0 Å². The zero-order chi connectivity index (χ0) is 16.5. The summed E-state index contributed by atoms with van der Waals surface area (Å²) in [4.78, 5) is 16.6. The van der Waals surface area contributed by atoms with Crippen molar-refractivity contribution in [2.45, 2.75) is 0 Å². The molecule has 0 aliphatic carbocycles. The summed E-state index contributed by atoms with van der Waals surface area (Å²) in [5.41, 5.74) is 4.97. The molecular weight excluding hydrogens is 302 g/mol. The molecule has 1 aliphatic heterocycles. The summed E-state index contributed by atoms with van der Waals surface area (Å²) in [6.07, 6.45) is 1.70. The lowest BCUT2D eigenvalue weighted by Crippen LogP contribution is -2.10. The van der Waals surface area contributed by atoms with Crippen molar-refractivity contribution in [2.24, 2.45) is 0 Å². The van der Waals surface area contributed by atoms with Gasteiger partial charge in [0.1, 0.15) is 0 Å². The Hall–Kier alpha value is -3.34. The molecule has 1 amide bonds. The molecule has 2 N–H and O–H groups in total. The monoisotopic (exact) mass is 317 g/mol. The number of methoxy groups -OCH3 is 1. The third-order valence-corrected chi connectivity index (χ3v) is 3.99. The first-order chi connectivity index (χ1) is 11.7. The topological polar surface area (TPSA) is 63.2 Å². The number of carbonyl (C=O) groups is 1. The number of hydrogen-bond acceptors (Lipinski definition) is 4. The van der Waals surface area contributed by atoms with Crippen molar-refractivity contribution in [3.8, 4) is 17.0 Å². The second-order valence-corrected chi connectivity index (χ2v) is 5.47. The minimum absolute atomic E-state index is 0.124. The predicted molar refractivity (Wildman–Crippen MR) is 93.9 cm³/mol. The number of rotatable bonds is 2. The Bertz CT molecular complexity index is 937. The lowest BCUT2D eigenvalue weighted by Gasteiger charge is -2.10. The van der Waals surface area contributed by atoms with Gasteiger partial charge in [0.15, 0.2) is 0 Å². The van der Waals surface area contributed by atoms with Crippen LogP contribution in [0.4, 0.5) is 17.1 Å². The van der Waals surface area contributed by atoms with Crippen LogP contribution < -0.4 is 15.4 Å². The summed E-state index contributed by atoms with van der Waals surface area (Å²) in [6, 6.07) is 17.1. The van der Waals surface area contributed by atoms with Crippen molar-refractivity contribution in [3.05, 3.63) is 66.4 Å². The number of para-hydroxylation sites is 2. The first kappa shape index (κ1) is 14.3. The van der Waals surface area contributed by atoms with Crippen molar-refractivity contribution < 1.29 is 9.53 Å². The van der Waals surface area contributed by atoms with Gasteiger partial charge in [0.05, 0.1) is 29.7 Å². The lowest BCUT2D eigenvalue weighted by atomic mass is 10.0. The largest absolute Gasteiger partial charge is 0.481 e. The van der Waals surface area contributed by atoms with Crippen LogP contribution >= 0.6 is 0 Å². The maximum Gasteiger partial charge on any atom is 0.257 e. The second-order valence-electron chi connectivity index (χ2n) is 5.47. The summed E-state index contributed by atoms with van der Waals surface area (Å²) in [7, 11) is 1.59. The molecule has 4 rings (SSSR count). The average molecular weight is 317 g/mol. The number of carbonyl (C=O) groups excluding carboxylic acids is 1. The fourth-order valence-corrected chi connectivity index (χ4v) is 2.76. The molecule has 0 radical (unpaired) electrons. The van der Waals surface area contributed by atoms with Crippen molar-refractivity contribution in [2.75, 3.05) is 17.7 Å². The molecule has 0 bridgehead atoms. The van der Waals surface area contributed by atoms with Gasteiger partial charge in [-0.15, -0.1) is 0 Å². The van der Waals surface area contributed by atoms with E-state index in [9.17, 15) is 4.79 Å². The maximum atomic E-state index is 12.4. The van der Waals surface area contributed by atoms with E-state index in [2.05, 4.69) is 15.6 Å². The zero-order valence-electron chi connectivity index (χ0n) is 13.0. The smallest absolute Gasteiger partial charge is 0.257 e. The molecule has 0 saturated heterocycles. The van der Waals surface area contributed by atoms with Gasteiger partial charge < -0.3 is 15.4 Å². The number of amides is 1. The number of fused-ring (bicyclic) bond motifs is 2. The second kappa shape index (κ2) is 5.70. The minimum Gasteiger partial charge on any atom is -0.481 e. The molecule has 0 spiro atoms. The van der Waals surface area contributed by atoms with Crippen LogP contribution in [0.15, 0.2) is 60.8 Å². The molecule has 5 nitrogen and oxygen atoms in total. The van der Waals surface area contributed by atoms with E-state index in [0.717, 1.165) is 28.2 Å². The number of aromatic nitrogens is 1. The molecule has 3 aromatic rings. The van der Waals surface area contributed by atoms with Crippen LogP contribution in [0.25, 0.3) is 11.1 Å². The molecule has 0 saturated carbocycles. The number of nitrogens with zero attached hydrogens (tertiary/aromatic N) is 1. The third-order valence-electron chi connectivity index (χ3n) is 3.99. The van der Waals surface area contributed by atoms with Crippen molar-refractivity contribution in [1.82, 2.24) is 4.98 Å². The van der Waals surface area contributed by atoms with Gasteiger partial charge in [-0.2, -0.15) is 0 Å². The van der Waals surface area contributed by atoms with Crippen LogP contribution in [0.3, 0.4) is 0 Å². The van der Waals surface area contributed by atoms with Crippen molar-refractivity contribution in [1.29, 1.82) is 0 Å². The number of hydrogen-bond donors (Lipinski definition) is 2. The van der Waals surface area contributed by atoms with Crippen LogP contribution in [0.5, 0.6) is 5.88 Å². The van der Waals surface area contributed by atoms with Gasteiger partial charge >= 0.3 is 0 Å². The van der Waals surface area contributed by atoms with Gasteiger partial charge in [-0.3, -0.25) is 4.79 Å². The van der Waals surface area contributed by atoms with E-state index in [1.54, 1.807) is 13.3 Å². The molecule has 1 aliphatic rings. The summed E-state index contributed by atoms with van der Waals surface area (Å²) >= 11 is 0. The van der Waals surface area contributed by atoms with Crippen LogP contribution in [0.2, 0.25) is 0 Å². The fraction of sp³-hybridized carbons (Fsp3) is 0.0526. The molecule has 0 fully saturated rings. The van der Waals surface area contributed by atoms with E-state index in [-0.39, 0.29) is 5.91 Å². The Kier molecular flexibility index (Phi) is 3.39. The van der Waals surface area contributed by atoms with Crippen LogP contribution in [0, 0.1) is 0 Å². The number of ether oxygens (including phenoxy) is 1.